The first kappa shape index (κ1) is 18.6. The van der Waals surface area contributed by atoms with Crippen molar-refractivity contribution in [3.63, 3.8) is 0 Å². The van der Waals surface area contributed by atoms with Gasteiger partial charge in [0.05, 0.1) is 11.5 Å². The van der Waals surface area contributed by atoms with Gasteiger partial charge >= 0.3 is 5.97 Å². The van der Waals surface area contributed by atoms with Gasteiger partial charge in [0, 0.05) is 0 Å². The highest BCUT2D eigenvalue weighted by molar-refractivity contribution is 8.18. The Kier molecular flexibility index (Phi) is 5.51. The van der Waals surface area contributed by atoms with Crippen molar-refractivity contribution >= 4 is 35.0 Å². The lowest BCUT2D eigenvalue weighted by atomic mass is 10.2. The van der Waals surface area contributed by atoms with E-state index in [1.54, 1.807) is 24.3 Å². The second-order valence-corrected chi connectivity index (χ2v) is 6.37. The maximum Gasteiger partial charge on any atom is 0.371 e. The molecule has 0 saturated carbocycles. The van der Waals surface area contributed by atoms with Crippen LogP contribution in [-0.2, 0) is 11.4 Å². The molecular weight excluding hydrogens is 374 g/mol. The topological polar surface area (TPSA) is 115 Å². The van der Waals surface area contributed by atoms with Crippen LogP contribution in [0.3, 0.4) is 0 Å². The number of imide groups is 1. The molecule has 1 saturated heterocycles. The molecule has 1 fully saturated rings. The fourth-order valence-corrected chi connectivity index (χ4v) is 2.98. The number of carboxylic acids is 1. The summed E-state index contributed by atoms with van der Waals surface area (Å²) in [5, 5.41) is 10.7. The van der Waals surface area contributed by atoms with Gasteiger partial charge in [0.15, 0.2) is 11.5 Å². The molecule has 2 N–H and O–H groups in total. The van der Waals surface area contributed by atoms with Crippen LogP contribution >= 0.6 is 11.8 Å². The van der Waals surface area contributed by atoms with Crippen LogP contribution in [0.15, 0.2) is 39.7 Å². The largest absolute Gasteiger partial charge is 0.490 e. The Morgan fingerprint density at radius 1 is 1.22 bits per heavy atom. The number of rotatable bonds is 7. The number of hydrogen-bond donors (Lipinski definition) is 2. The van der Waals surface area contributed by atoms with Crippen molar-refractivity contribution < 1.29 is 33.4 Å². The fraction of sp³-hybridized carbons (Fsp3) is 0.167. The molecule has 1 aliphatic rings. The molecule has 1 aromatic heterocycles. The smallest absolute Gasteiger partial charge is 0.371 e. The molecule has 0 radical (unpaired) electrons. The summed E-state index contributed by atoms with van der Waals surface area (Å²) in [5.74, 6) is -0.504. The second kappa shape index (κ2) is 8.00. The average Bonchev–Trinajstić information content (AvgIpc) is 3.21. The minimum atomic E-state index is -1.15. The highest BCUT2D eigenvalue weighted by atomic mass is 32.2. The summed E-state index contributed by atoms with van der Waals surface area (Å²) in [6, 6.07) is 7.94. The summed E-state index contributed by atoms with van der Waals surface area (Å²) in [7, 11) is 0. The van der Waals surface area contributed by atoms with Crippen molar-refractivity contribution in [1.82, 2.24) is 5.32 Å². The number of amides is 2. The molecule has 3 rings (SSSR count). The third-order valence-corrected chi connectivity index (χ3v) is 4.26. The van der Waals surface area contributed by atoms with Crippen LogP contribution in [0.1, 0.15) is 28.8 Å². The minimum Gasteiger partial charge on any atom is -0.490 e. The number of nitrogens with one attached hydrogen (secondary N) is 1. The van der Waals surface area contributed by atoms with Gasteiger partial charge in [0.1, 0.15) is 12.4 Å². The number of hydrogen-bond acceptors (Lipinski definition) is 7. The number of carboxylic acid groups (broad SMARTS) is 1. The van der Waals surface area contributed by atoms with Crippen LogP contribution in [0.25, 0.3) is 6.08 Å². The Morgan fingerprint density at radius 2 is 2.04 bits per heavy atom. The van der Waals surface area contributed by atoms with Gasteiger partial charge in [-0.3, -0.25) is 14.9 Å². The molecule has 1 aromatic carbocycles. The van der Waals surface area contributed by atoms with E-state index in [1.807, 2.05) is 6.92 Å². The molecular formula is C18H15NO7S. The van der Waals surface area contributed by atoms with Gasteiger partial charge in [0.25, 0.3) is 11.1 Å². The van der Waals surface area contributed by atoms with Gasteiger partial charge in [-0.2, -0.15) is 0 Å². The number of thioether (sulfide) groups is 1. The van der Waals surface area contributed by atoms with Gasteiger partial charge in [0.2, 0.25) is 5.76 Å². The van der Waals surface area contributed by atoms with Crippen LogP contribution in [0.5, 0.6) is 11.5 Å². The van der Waals surface area contributed by atoms with Crippen molar-refractivity contribution in [2.45, 2.75) is 13.5 Å². The van der Waals surface area contributed by atoms with Crippen molar-refractivity contribution in [2.24, 2.45) is 0 Å². The molecule has 9 heteroatoms. The molecule has 0 aliphatic carbocycles. The number of furan rings is 1. The lowest BCUT2D eigenvalue weighted by Gasteiger charge is -2.12. The summed E-state index contributed by atoms with van der Waals surface area (Å²) >= 11 is 0.833. The van der Waals surface area contributed by atoms with E-state index in [9.17, 15) is 14.4 Å². The van der Waals surface area contributed by atoms with E-state index in [-0.39, 0.29) is 12.4 Å². The van der Waals surface area contributed by atoms with E-state index in [4.69, 9.17) is 19.0 Å². The first-order chi connectivity index (χ1) is 13.0. The first-order valence-corrected chi connectivity index (χ1v) is 8.74. The second-order valence-electron chi connectivity index (χ2n) is 5.35. The molecule has 1 aliphatic heterocycles. The Balaban J connectivity index is 1.77. The van der Waals surface area contributed by atoms with Crippen molar-refractivity contribution in [1.29, 1.82) is 0 Å². The van der Waals surface area contributed by atoms with E-state index >= 15 is 0 Å². The van der Waals surface area contributed by atoms with Crippen LogP contribution in [0, 0.1) is 0 Å². The summed E-state index contributed by atoms with van der Waals surface area (Å²) < 4.78 is 16.4. The molecule has 140 valence electrons. The zero-order valence-electron chi connectivity index (χ0n) is 14.2. The molecule has 0 bridgehead atoms. The number of ether oxygens (including phenoxy) is 2. The van der Waals surface area contributed by atoms with Gasteiger partial charge in [-0.25, -0.2) is 4.79 Å². The number of benzene rings is 1. The Bertz CT molecular complexity index is 932. The normalized spacial score (nSPS) is 15.1. The van der Waals surface area contributed by atoms with Gasteiger partial charge < -0.3 is 19.0 Å². The highest BCUT2D eigenvalue weighted by Gasteiger charge is 2.25. The fourth-order valence-electron chi connectivity index (χ4n) is 2.29. The van der Waals surface area contributed by atoms with Crippen molar-refractivity contribution in [3.8, 4) is 11.5 Å². The van der Waals surface area contributed by atoms with Crippen LogP contribution in [0.2, 0.25) is 0 Å². The predicted octanol–water partition coefficient (Wildman–Crippen LogP) is 3.28. The standard InChI is InChI=1S/C18H15NO7S/c1-2-24-14-7-10(8-15-16(20)19-18(23)27-15)3-5-12(14)25-9-11-4-6-13(26-11)17(21)22/h3-8H,2,9H2,1H3,(H,21,22)(H,19,20,23). The highest BCUT2D eigenvalue weighted by Crippen LogP contribution is 2.32. The minimum absolute atomic E-state index is 0.0283. The van der Waals surface area contributed by atoms with E-state index in [0.29, 0.717) is 34.3 Å². The maximum absolute atomic E-state index is 11.6. The van der Waals surface area contributed by atoms with Crippen molar-refractivity contribution in [3.05, 3.63) is 52.3 Å². The quantitative estimate of drug-likeness (QED) is 0.693. The van der Waals surface area contributed by atoms with Crippen molar-refractivity contribution in [2.75, 3.05) is 6.61 Å². The molecule has 2 amide bonds. The molecule has 8 nitrogen and oxygen atoms in total. The van der Waals surface area contributed by atoms with Gasteiger partial charge in [-0.15, -0.1) is 0 Å². The third kappa shape index (κ3) is 4.50. The van der Waals surface area contributed by atoms with Crippen LogP contribution < -0.4 is 14.8 Å². The summed E-state index contributed by atoms with van der Waals surface area (Å²) in [6.45, 7) is 2.24. The molecule has 0 atom stereocenters. The number of aromatic carboxylic acids is 1. The molecule has 27 heavy (non-hydrogen) atoms. The van der Waals surface area contributed by atoms with E-state index in [1.165, 1.54) is 12.1 Å². The van der Waals surface area contributed by atoms with E-state index in [2.05, 4.69) is 5.32 Å². The monoisotopic (exact) mass is 389 g/mol. The average molecular weight is 389 g/mol. The third-order valence-electron chi connectivity index (χ3n) is 3.45. The zero-order chi connectivity index (χ0) is 19.4. The Morgan fingerprint density at radius 3 is 2.67 bits per heavy atom. The Hall–Kier alpha value is -3.20. The summed E-state index contributed by atoms with van der Waals surface area (Å²) in [6.07, 6.45) is 1.59. The van der Waals surface area contributed by atoms with Crippen LogP contribution in [-0.4, -0.2) is 28.8 Å². The molecule has 0 unspecified atom stereocenters. The molecule has 2 heterocycles. The lowest BCUT2D eigenvalue weighted by molar-refractivity contribution is -0.115. The van der Waals surface area contributed by atoms with E-state index in [0.717, 1.165) is 11.8 Å². The summed E-state index contributed by atoms with van der Waals surface area (Å²) in [4.78, 5) is 34.0. The zero-order valence-corrected chi connectivity index (χ0v) is 15.0. The van der Waals surface area contributed by atoms with Gasteiger partial charge in [-0.1, -0.05) is 6.07 Å². The van der Waals surface area contributed by atoms with Crippen LogP contribution in [0.4, 0.5) is 4.79 Å². The first-order valence-electron chi connectivity index (χ1n) is 7.92. The number of carbonyl (C=O) groups is 3. The lowest BCUT2D eigenvalue weighted by Crippen LogP contribution is -2.17. The molecule has 2 aromatic rings. The maximum atomic E-state index is 11.6. The Labute approximate surface area is 158 Å². The SMILES string of the molecule is CCOc1cc(C=C2SC(=O)NC2=O)ccc1OCc1ccc(C(=O)O)o1. The van der Waals surface area contributed by atoms with Gasteiger partial charge in [-0.05, 0) is 54.6 Å². The van der Waals surface area contributed by atoms with E-state index < -0.39 is 17.1 Å². The summed E-state index contributed by atoms with van der Waals surface area (Å²) in [5.41, 5.74) is 0.671. The number of carbonyl (C=O) groups excluding carboxylic acids is 2. The molecule has 0 spiro atoms. The predicted molar refractivity (Wildman–Crippen MR) is 96.7 cm³/mol.